The number of hydrogen-bond acceptors (Lipinski definition) is 2. The fourth-order valence-electron chi connectivity index (χ4n) is 6.28. The molecule has 0 radical (unpaired) electrons. The first-order valence-electron chi connectivity index (χ1n) is 13.1. The third-order valence-corrected chi connectivity index (χ3v) is 16.5. The van der Waals surface area contributed by atoms with Crippen LogP contribution in [0.5, 0.6) is 0 Å². The van der Waals surface area contributed by atoms with Gasteiger partial charge in [0.1, 0.15) is 19.6 Å². The fourth-order valence-corrected chi connectivity index (χ4v) is 13.8. The first kappa shape index (κ1) is 26.2. The molecule has 2 heterocycles. The molecule has 2 aromatic heterocycles. The lowest BCUT2D eigenvalue weighted by Gasteiger charge is -2.35. The van der Waals surface area contributed by atoms with Crippen molar-refractivity contribution >= 4 is 45.7 Å². The Kier molecular flexibility index (Phi) is 6.47. The molecule has 2 aromatic rings. The minimum absolute atomic E-state index is 0.432. The minimum atomic E-state index is -2.08. The average Bonchev–Trinajstić information content (AvgIpc) is 3.48. The summed E-state index contributed by atoms with van der Waals surface area (Å²) in [6.45, 7) is 29.0. The van der Waals surface area contributed by atoms with Gasteiger partial charge in [-0.05, 0) is 48.2 Å². The van der Waals surface area contributed by atoms with Crippen molar-refractivity contribution in [1.82, 2.24) is 0 Å². The molecule has 0 aromatic carbocycles. The Morgan fingerprint density at radius 3 is 1.26 bits per heavy atom. The van der Waals surface area contributed by atoms with Crippen LogP contribution in [0.2, 0.25) is 52.4 Å². The lowest BCUT2D eigenvalue weighted by Crippen LogP contribution is -2.41. The van der Waals surface area contributed by atoms with Crippen LogP contribution in [0.1, 0.15) is 39.2 Å². The van der Waals surface area contributed by atoms with Crippen LogP contribution >= 0.6 is 0 Å². The van der Waals surface area contributed by atoms with Crippen molar-refractivity contribution in [3.8, 4) is 0 Å². The molecule has 2 atom stereocenters. The predicted octanol–water partition coefficient (Wildman–Crippen LogP) is 8.15. The summed E-state index contributed by atoms with van der Waals surface area (Å²) in [5.41, 5.74) is 5.63. The second-order valence-electron chi connectivity index (χ2n) is 13.3. The van der Waals surface area contributed by atoms with Gasteiger partial charge in [0.2, 0.25) is 0 Å². The first-order valence-corrected chi connectivity index (χ1v) is 23.1. The third-order valence-electron chi connectivity index (χ3n) is 8.34. The van der Waals surface area contributed by atoms with E-state index < -0.39 is 24.2 Å². The van der Waals surface area contributed by atoms with E-state index >= 15 is 0 Å². The van der Waals surface area contributed by atoms with Gasteiger partial charge in [-0.1, -0.05) is 99.9 Å². The highest BCUT2D eigenvalue weighted by atomic mass is 28.3. The topological polar surface area (TPSA) is 26.3 Å². The van der Waals surface area contributed by atoms with E-state index in [0.29, 0.717) is 11.8 Å². The van der Waals surface area contributed by atoms with Gasteiger partial charge in [-0.25, -0.2) is 0 Å². The summed E-state index contributed by atoms with van der Waals surface area (Å²) >= 11 is 0. The standard InChI is InChI=1S/C30H44O2Si3/c1-19-17-23(27-25(13-15-31-27)33(5,6)7)29(21(19)3)35(11,12)30-22(4)20(2)18-24(30)28-26(14-16-32-28)34(8,9)10/h13-18,21-22H,1-12H3. The van der Waals surface area contributed by atoms with Crippen LogP contribution in [0.4, 0.5) is 0 Å². The number of rotatable bonds is 6. The highest BCUT2D eigenvalue weighted by molar-refractivity contribution is 6.93. The lowest BCUT2D eigenvalue weighted by atomic mass is 10.1. The molecule has 5 heteroatoms. The Balaban J connectivity index is 1.98. The molecule has 0 aliphatic heterocycles. The Bertz CT molecular complexity index is 1180. The Morgan fingerprint density at radius 1 is 0.600 bits per heavy atom. The molecule has 2 nitrogen and oxygen atoms in total. The zero-order chi connectivity index (χ0) is 26.1. The monoisotopic (exact) mass is 520 g/mol. The summed E-state index contributed by atoms with van der Waals surface area (Å²) in [5.74, 6) is 3.12. The predicted molar refractivity (Wildman–Crippen MR) is 161 cm³/mol. The van der Waals surface area contributed by atoms with E-state index in [1.54, 1.807) is 10.4 Å². The highest BCUT2D eigenvalue weighted by Crippen LogP contribution is 2.50. The fraction of sp³-hybridized carbons (Fsp3) is 0.467. The Morgan fingerprint density at radius 2 is 0.943 bits per heavy atom. The molecule has 0 N–H and O–H groups in total. The van der Waals surface area contributed by atoms with Crippen molar-refractivity contribution in [3.63, 3.8) is 0 Å². The van der Waals surface area contributed by atoms with Crippen molar-refractivity contribution in [2.75, 3.05) is 0 Å². The van der Waals surface area contributed by atoms with Gasteiger partial charge in [0.15, 0.2) is 0 Å². The van der Waals surface area contributed by atoms with E-state index in [-0.39, 0.29) is 0 Å². The summed E-state index contributed by atoms with van der Waals surface area (Å²) in [6.07, 6.45) is 8.67. The van der Waals surface area contributed by atoms with Crippen molar-refractivity contribution in [1.29, 1.82) is 0 Å². The van der Waals surface area contributed by atoms with Gasteiger partial charge in [0.25, 0.3) is 0 Å². The number of furan rings is 2. The SMILES string of the molecule is CC1=CC(c2occc2[Si](C)(C)C)=C([Si](C)(C)C2=C(c3occc3[Si](C)(C)C)C=C(C)C2C)C1C. The second kappa shape index (κ2) is 8.63. The zero-order valence-electron chi connectivity index (χ0n) is 23.9. The van der Waals surface area contributed by atoms with Gasteiger partial charge in [-0.3, -0.25) is 0 Å². The maximum absolute atomic E-state index is 6.28. The van der Waals surface area contributed by atoms with Gasteiger partial charge < -0.3 is 8.83 Å². The van der Waals surface area contributed by atoms with Gasteiger partial charge in [-0.15, -0.1) is 0 Å². The van der Waals surface area contributed by atoms with Gasteiger partial charge >= 0.3 is 0 Å². The third kappa shape index (κ3) is 4.34. The molecule has 0 fully saturated rings. The van der Waals surface area contributed by atoms with E-state index in [1.807, 2.05) is 12.5 Å². The smallest absolute Gasteiger partial charge is 0.132 e. The van der Waals surface area contributed by atoms with Gasteiger partial charge in [0, 0.05) is 11.1 Å². The van der Waals surface area contributed by atoms with E-state index in [1.165, 1.54) is 32.7 Å². The van der Waals surface area contributed by atoms with Crippen molar-refractivity contribution in [3.05, 3.63) is 69.9 Å². The van der Waals surface area contributed by atoms with Crippen LogP contribution < -0.4 is 10.4 Å². The summed E-state index contributed by atoms with van der Waals surface area (Å²) in [5, 5.41) is 6.10. The molecule has 2 aliphatic carbocycles. The molecule has 35 heavy (non-hydrogen) atoms. The summed E-state index contributed by atoms with van der Waals surface area (Å²) in [4.78, 5) is 0. The summed E-state index contributed by atoms with van der Waals surface area (Å²) in [6, 6.07) is 4.45. The molecule has 0 saturated carbocycles. The van der Waals surface area contributed by atoms with Crippen LogP contribution in [0.25, 0.3) is 11.1 Å². The molecule has 2 aliphatic rings. The normalized spacial score (nSPS) is 21.8. The van der Waals surface area contributed by atoms with E-state index in [9.17, 15) is 0 Å². The van der Waals surface area contributed by atoms with Gasteiger partial charge in [0.05, 0.1) is 28.7 Å². The summed E-state index contributed by atoms with van der Waals surface area (Å²) < 4.78 is 12.6. The van der Waals surface area contributed by atoms with Crippen LogP contribution in [0.3, 0.4) is 0 Å². The molecule has 188 valence electrons. The van der Waals surface area contributed by atoms with E-state index in [2.05, 4.69) is 104 Å². The van der Waals surface area contributed by atoms with E-state index in [0.717, 1.165) is 11.5 Å². The quantitative estimate of drug-likeness (QED) is 0.359. The first-order chi connectivity index (χ1) is 16.1. The molecular formula is C30H44O2Si3. The maximum atomic E-state index is 6.28. The molecule has 2 unspecified atom stereocenters. The molecule has 0 amide bonds. The molecular weight excluding hydrogens is 477 g/mol. The average molecular weight is 521 g/mol. The van der Waals surface area contributed by atoms with Crippen LogP contribution in [0, 0.1) is 11.8 Å². The summed E-state index contributed by atoms with van der Waals surface area (Å²) in [7, 11) is -5.17. The Hall–Kier alpha value is -1.83. The second-order valence-corrected chi connectivity index (χ2v) is 27.7. The lowest BCUT2D eigenvalue weighted by molar-refractivity contribution is 0.555. The van der Waals surface area contributed by atoms with Crippen LogP contribution in [-0.2, 0) is 0 Å². The van der Waals surface area contributed by atoms with Crippen LogP contribution in [0.15, 0.2) is 67.2 Å². The van der Waals surface area contributed by atoms with Crippen LogP contribution in [-0.4, -0.2) is 24.2 Å². The van der Waals surface area contributed by atoms with Crippen molar-refractivity contribution < 1.29 is 8.83 Å². The highest BCUT2D eigenvalue weighted by Gasteiger charge is 2.45. The van der Waals surface area contributed by atoms with Crippen molar-refractivity contribution in [2.24, 2.45) is 11.8 Å². The van der Waals surface area contributed by atoms with E-state index in [4.69, 9.17) is 8.83 Å². The Labute approximate surface area is 215 Å². The van der Waals surface area contributed by atoms with Gasteiger partial charge in [-0.2, -0.15) is 0 Å². The zero-order valence-corrected chi connectivity index (χ0v) is 26.9. The minimum Gasteiger partial charge on any atom is -0.465 e. The number of hydrogen-bond donors (Lipinski definition) is 0. The largest absolute Gasteiger partial charge is 0.465 e. The maximum Gasteiger partial charge on any atom is 0.132 e. The molecule has 0 bridgehead atoms. The molecule has 4 rings (SSSR count). The van der Waals surface area contributed by atoms with Crippen molar-refractivity contribution in [2.45, 2.75) is 80.1 Å². The molecule has 0 saturated heterocycles. The molecule has 0 spiro atoms. The number of allylic oxidation sites excluding steroid dienone is 8.